The fourth-order valence-corrected chi connectivity index (χ4v) is 11.5. The molecule has 2 fully saturated rings. The molecular weight excluding hydrogens is 764 g/mol. The third-order valence-corrected chi connectivity index (χ3v) is 14.3. The van der Waals surface area contributed by atoms with Gasteiger partial charge in [-0.1, -0.05) is 43.3 Å². The lowest BCUT2D eigenvalue weighted by Gasteiger charge is -2.37. The van der Waals surface area contributed by atoms with Crippen LogP contribution >= 0.6 is 0 Å². The maximum Gasteiger partial charge on any atom is 0.269 e. The fourth-order valence-electron chi connectivity index (χ4n) is 9.01. The second kappa shape index (κ2) is 15.3. The zero-order valence-electron chi connectivity index (χ0n) is 31.4. The van der Waals surface area contributed by atoms with Crippen molar-refractivity contribution in [2.75, 3.05) is 16.8 Å². The van der Waals surface area contributed by atoms with Gasteiger partial charge in [0, 0.05) is 41.4 Å². The van der Waals surface area contributed by atoms with E-state index in [1.807, 2.05) is 24.3 Å². The van der Waals surface area contributed by atoms with Gasteiger partial charge in [-0.25, -0.2) is 0 Å². The number of nitrogens with zero attached hydrogens (tertiary/aromatic N) is 3. The zero-order chi connectivity index (χ0) is 41.1. The summed E-state index contributed by atoms with van der Waals surface area (Å²) in [4.78, 5) is 56.2. The van der Waals surface area contributed by atoms with E-state index in [1.165, 1.54) is 48.3 Å². The summed E-state index contributed by atoms with van der Waals surface area (Å²) in [6.07, 6.45) is -9.98. The predicted molar refractivity (Wildman–Crippen MR) is 203 cm³/mol. The summed E-state index contributed by atoms with van der Waals surface area (Å²) in [5.41, 5.74) is 0.204. The summed E-state index contributed by atoms with van der Waals surface area (Å²) >= 11 is 0. The van der Waals surface area contributed by atoms with Crippen LogP contribution in [0.15, 0.2) is 66.7 Å². The number of amides is 3. The Kier molecular flexibility index (Phi) is 10.8. The molecular formula is C39H45FN4O12Si. The molecule has 7 rings (SSSR count). The highest BCUT2D eigenvalue weighted by Gasteiger charge is 2.67. The van der Waals surface area contributed by atoms with Crippen molar-refractivity contribution in [1.82, 2.24) is 4.90 Å². The van der Waals surface area contributed by atoms with Gasteiger partial charge in [-0.15, -0.1) is 0 Å². The smallest absolute Gasteiger partial charge is 0.269 e. The Balaban J connectivity index is 1.16. The monoisotopic (exact) mass is 808 g/mol. The third-order valence-electron chi connectivity index (χ3n) is 11.8. The summed E-state index contributed by atoms with van der Waals surface area (Å²) in [6.45, 7) is 4.56. The molecule has 3 amide bonds. The summed E-state index contributed by atoms with van der Waals surface area (Å²) in [6, 6.07) is 17.3. The van der Waals surface area contributed by atoms with E-state index in [9.17, 15) is 50.0 Å². The van der Waals surface area contributed by atoms with Crippen LogP contribution in [0.25, 0.3) is 0 Å². The quantitative estimate of drug-likeness (QED) is 0.0789. The number of aliphatic hydroxyl groups is 5. The molecule has 0 radical (unpaired) electrons. The van der Waals surface area contributed by atoms with Crippen LogP contribution in [0.2, 0.25) is 18.6 Å². The number of carbonyl (C=O) groups is 3. The van der Waals surface area contributed by atoms with Crippen LogP contribution in [0.3, 0.4) is 0 Å². The van der Waals surface area contributed by atoms with E-state index in [0.717, 1.165) is 11.1 Å². The number of aliphatic hydroxyl groups excluding tert-OH is 5. The standard InChI is InChI=1S/C39H45FN4O12Si/c1-20-35(57(2,3)40)29(16-30(46)42-18-23-7-5-4-6-22(23)14-26(42)19-45)56-39(20)27-15-25(44(53)54)12-13-28(27)43(38(39)52)17-21-8-10-24(11-9-21)41-36(50)34-32(48)31(47)33(49)37(51)55-34/h4-13,15,20,26,29,31-35,37,45,47-49,51H,14,16-19H2,1-3H3,(H,41,50)/t20-,26-,29+,31-,32-,33+,34-,35-,37+,39+/m0/s1. The first-order chi connectivity index (χ1) is 27.0. The lowest BCUT2D eigenvalue weighted by Crippen LogP contribution is -2.60. The van der Waals surface area contributed by atoms with Crippen molar-refractivity contribution in [1.29, 1.82) is 0 Å². The SMILES string of the molecule is C[C@H]1[C@H]([Si](C)(C)F)[C@@H](CC(=O)N2Cc3ccccc3C[C@H]2CO)O[C@]12C(=O)N(Cc1ccc(NC(=O)[C@H]3O[C@@H](O)[C@H](O)[C@@H](O)[C@@H]3O)cc1)c1ccc([N+](=O)[O-])cc12. The number of anilines is 2. The molecule has 4 aliphatic heterocycles. The van der Waals surface area contributed by atoms with Gasteiger partial charge in [0.15, 0.2) is 18.0 Å². The van der Waals surface area contributed by atoms with Crippen LogP contribution in [0.4, 0.5) is 21.2 Å². The van der Waals surface area contributed by atoms with Gasteiger partial charge in [-0.2, -0.15) is 0 Å². The van der Waals surface area contributed by atoms with E-state index < -0.39 is 85.1 Å². The van der Waals surface area contributed by atoms with Gasteiger partial charge in [0.05, 0.1) is 42.3 Å². The first-order valence-corrected chi connectivity index (χ1v) is 21.6. The Labute approximate surface area is 327 Å². The molecule has 0 bridgehead atoms. The van der Waals surface area contributed by atoms with Crippen LogP contribution in [-0.4, -0.2) is 111 Å². The average Bonchev–Trinajstić information content (AvgIpc) is 3.60. The molecule has 0 aromatic heterocycles. The molecule has 10 atom stereocenters. The highest BCUT2D eigenvalue weighted by molar-refractivity contribution is 6.72. The molecule has 0 unspecified atom stereocenters. The lowest BCUT2D eigenvalue weighted by atomic mass is 9.82. The van der Waals surface area contributed by atoms with Crippen molar-refractivity contribution in [2.24, 2.45) is 5.92 Å². The zero-order valence-corrected chi connectivity index (χ0v) is 32.4. The molecule has 2 saturated heterocycles. The number of rotatable bonds is 9. The first-order valence-electron chi connectivity index (χ1n) is 18.7. The highest BCUT2D eigenvalue weighted by Crippen LogP contribution is 2.61. The molecule has 18 heteroatoms. The van der Waals surface area contributed by atoms with Crippen LogP contribution in [-0.2, 0) is 49.0 Å². The van der Waals surface area contributed by atoms with E-state index in [2.05, 4.69) is 5.32 Å². The molecule has 0 aliphatic carbocycles. The second-order valence-electron chi connectivity index (χ2n) is 15.8. The predicted octanol–water partition coefficient (Wildman–Crippen LogP) is 1.99. The summed E-state index contributed by atoms with van der Waals surface area (Å²) in [7, 11) is -3.72. The Morgan fingerprint density at radius 3 is 2.35 bits per heavy atom. The molecule has 304 valence electrons. The minimum atomic E-state index is -3.72. The number of benzene rings is 3. The van der Waals surface area contributed by atoms with Crippen molar-refractivity contribution in [3.8, 4) is 0 Å². The summed E-state index contributed by atoms with van der Waals surface area (Å²) in [5.74, 6) is -2.70. The number of hydrogen-bond donors (Lipinski definition) is 6. The molecule has 3 aromatic carbocycles. The van der Waals surface area contributed by atoms with Gasteiger partial charge in [-0.05, 0) is 54.4 Å². The number of fused-ring (bicyclic) bond motifs is 3. The first kappa shape index (κ1) is 40.5. The Morgan fingerprint density at radius 2 is 1.70 bits per heavy atom. The van der Waals surface area contributed by atoms with Crippen LogP contribution in [0.5, 0.6) is 0 Å². The van der Waals surface area contributed by atoms with Gasteiger partial charge in [-0.3, -0.25) is 24.5 Å². The molecule has 3 aromatic rings. The van der Waals surface area contributed by atoms with Crippen molar-refractivity contribution < 1.29 is 58.4 Å². The number of halogens is 1. The fraction of sp³-hybridized carbons (Fsp3) is 0.462. The Hall–Kier alpha value is -4.66. The number of nitro benzene ring substituents is 1. The van der Waals surface area contributed by atoms with Crippen LogP contribution < -0.4 is 10.2 Å². The van der Waals surface area contributed by atoms with Gasteiger partial charge >= 0.3 is 0 Å². The third kappa shape index (κ3) is 7.14. The molecule has 4 heterocycles. The second-order valence-corrected chi connectivity index (χ2v) is 19.6. The van der Waals surface area contributed by atoms with Crippen molar-refractivity contribution in [3.63, 3.8) is 0 Å². The minimum absolute atomic E-state index is 0.0630. The minimum Gasteiger partial charge on any atom is -0.394 e. The largest absolute Gasteiger partial charge is 0.394 e. The molecule has 0 saturated carbocycles. The maximum atomic E-state index is 16.5. The highest BCUT2D eigenvalue weighted by atomic mass is 28.4. The normalized spacial score (nSPS) is 31.0. The number of ether oxygens (including phenoxy) is 2. The number of hydrogen-bond acceptors (Lipinski definition) is 12. The van der Waals surface area contributed by atoms with E-state index >= 15 is 4.11 Å². The number of non-ortho nitro benzene ring substituents is 1. The number of carbonyl (C=O) groups excluding carboxylic acids is 3. The lowest BCUT2D eigenvalue weighted by molar-refractivity contribution is -0.385. The van der Waals surface area contributed by atoms with Crippen LogP contribution in [0.1, 0.15) is 35.6 Å². The summed E-state index contributed by atoms with van der Waals surface area (Å²) in [5, 5.41) is 64.5. The van der Waals surface area contributed by atoms with E-state index in [4.69, 9.17) is 9.47 Å². The van der Waals surface area contributed by atoms with Crippen LogP contribution in [0, 0.1) is 16.0 Å². The molecule has 16 nitrogen and oxygen atoms in total. The molecule has 4 aliphatic rings. The Bertz CT molecular complexity index is 2070. The topological polar surface area (TPSA) is 232 Å². The maximum absolute atomic E-state index is 16.5. The van der Waals surface area contributed by atoms with Crippen molar-refractivity contribution in [3.05, 3.63) is 99.1 Å². The molecule has 1 spiro atoms. The van der Waals surface area contributed by atoms with E-state index in [-0.39, 0.29) is 49.0 Å². The van der Waals surface area contributed by atoms with E-state index in [1.54, 1.807) is 24.0 Å². The van der Waals surface area contributed by atoms with Crippen molar-refractivity contribution in [2.45, 2.75) is 99.9 Å². The van der Waals surface area contributed by atoms with E-state index in [0.29, 0.717) is 17.7 Å². The molecule has 57 heavy (non-hydrogen) atoms. The number of nitro groups is 1. The van der Waals surface area contributed by atoms with Gasteiger partial charge in [0.25, 0.3) is 17.5 Å². The van der Waals surface area contributed by atoms with Gasteiger partial charge < -0.3 is 54.2 Å². The summed E-state index contributed by atoms with van der Waals surface area (Å²) < 4.78 is 28.2. The number of nitrogens with one attached hydrogen (secondary N) is 1. The Morgan fingerprint density at radius 1 is 1.02 bits per heavy atom. The van der Waals surface area contributed by atoms with Crippen molar-refractivity contribution >= 4 is 43.2 Å². The van der Waals surface area contributed by atoms with Gasteiger partial charge in [0.2, 0.25) is 14.3 Å². The average molecular weight is 809 g/mol. The molecule has 6 N–H and O–H groups in total. The van der Waals surface area contributed by atoms with Gasteiger partial charge in [0.1, 0.15) is 18.3 Å².